The smallest absolute Gasteiger partial charge is 0.313 e. The van der Waals surface area contributed by atoms with Crippen LogP contribution < -0.4 is 11.2 Å². The van der Waals surface area contributed by atoms with Gasteiger partial charge in [0.05, 0.1) is 16.1 Å². The maximum atomic E-state index is 11.5. The molecule has 0 bridgehead atoms. The van der Waals surface area contributed by atoms with E-state index in [9.17, 15) is 19.7 Å². The van der Waals surface area contributed by atoms with Gasteiger partial charge in [0.2, 0.25) is 0 Å². The molecule has 2 N–H and O–H groups in total. The molecule has 0 amide bonds. The van der Waals surface area contributed by atoms with Crippen molar-refractivity contribution in [2.45, 2.75) is 0 Å². The monoisotopic (exact) mass is 233 g/mol. The molecule has 0 spiro atoms. The van der Waals surface area contributed by atoms with Crippen molar-refractivity contribution in [3.8, 4) is 11.1 Å². The molecule has 17 heavy (non-hydrogen) atoms. The molecule has 7 heteroatoms. The molecular formula is C10H7N3O4. The first-order chi connectivity index (χ1) is 8.09. The van der Waals surface area contributed by atoms with Gasteiger partial charge in [0, 0.05) is 12.3 Å². The Morgan fingerprint density at radius 2 is 1.82 bits per heavy atom. The summed E-state index contributed by atoms with van der Waals surface area (Å²) >= 11 is 0. The molecular weight excluding hydrogens is 226 g/mol. The Balaban J connectivity index is 2.73. The maximum Gasteiger partial charge on any atom is 0.325 e. The molecule has 0 aliphatic heterocycles. The SMILES string of the molecule is O=c1[nH]cc(-c2ccccc2[N+](=O)[O-])c(=O)[nH]1. The van der Waals surface area contributed by atoms with E-state index in [2.05, 4.69) is 4.98 Å². The predicted molar refractivity (Wildman–Crippen MR) is 59.8 cm³/mol. The lowest BCUT2D eigenvalue weighted by atomic mass is 10.1. The molecule has 2 rings (SSSR count). The van der Waals surface area contributed by atoms with Gasteiger partial charge >= 0.3 is 5.69 Å². The first-order valence-corrected chi connectivity index (χ1v) is 4.65. The number of nitro benzene ring substituents is 1. The minimum atomic E-state index is -0.664. The van der Waals surface area contributed by atoms with Crippen molar-refractivity contribution in [2.75, 3.05) is 0 Å². The van der Waals surface area contributed by atoms with Gasteiger partial charge < -0.3 is 4.98 Å². The van der Waals surface area contributed by atoms with Gasteiger partial charge in [0.25, 0.3) is 11.2 Å². The first kappa shape index (κ1) is 10.8. The highest BCUT2D eigenvalue weighted by Crippen LogP contribution is 2.25. The minimum Gasteiger partial charge on any atom is -0.313 e. The van der Waals surface area contributed by atoms with Crippen LogP contribution in [0.4, 0.5) is 5.69 Å². The van der Waals surface area contributed by atoms with E-state index in [1.165, 1.54) is 18.2 Å². The lowest BCUT2D eigenvalue weighted by Gasteiger charge is -2.00. The summed E-state index contributed by atoms with van der Waals surface area (Å²) in [5.74, 6) is 0. The third-order valence-electron chi connectivity index (χ3n) is 2.21. The van der Waals surface area contributed by atoms with E-state index in [1.807, 2.05) is 4.98 Å². The van der Waals surface area contributed by atoms with Crippen LogP contribution in [0.5, 0.6) is 0 Å². The Morgan fingerprint density at radius 1 is 1.12 bits per heavy atom. The van der Waals surface area contributed by atoms with Crippen molar-refractivity contribution in [2.24, 2.45) is 0 Å². The summed E-state index contributed by atoms with van der Waals surface area (Å²) in [5.41, 5.74) is -1.29. The number of hydrogen-bond donors (Lipinski definition) is 2. The third-order valence-corrected chi connectivity index (χ3v) is 2.21. The molecule has 0 radical (unpaired) electrons. The van der Waals surface area contributed by atoms with Gasteiger partial charge in [0.1, 0.15) is 0 Å². The predicted octanol–water partition coefficient (Wildman–Crippen LogP) is 0.638. The average Bonchev–Trinajstić information content (AvgIpc) is 2.29. The van der Waals surface area contributed by atoms with Crippen molar-refractivity contribution in [3.63, 3.8) is 0 Å². The van der Waals surface area contributed by atoms with Gasteiger partial charge in [-0.1, -0.05) is 12.1 Å². The number of hydrogen-bond acceptors (Lipinski definition) is 4. The maximum absolute atomic E-state index is 11.5. The highest BCUT2D eigenvalue weighted by atomic mass is 16.6. The Labute approximate surface area is 93.9 Å². The van der Waals surface area contributed by atoms with E-state index in [0.29, 0.717) is 0 Å². The van der Waals surface area contributed by atoms with Crippen LogP contribution in [0.15, 0.2) is 40.1 Å². The number of nitrogens with zero attached hydrogens (tertiary/aromatic N) is 1. The molecule has 1 aromatic carbocycles. The van der Waals surface area contributed by atoms with Gasteiger partial charge in [0.15, 0.2) is 0 Å². The fraction of sp³-hybridized carbons (Fsp3) is 0. The highest BCUT2D eigenvalue weighted by molar-refractivity contribution is 5.71. The Morgan fingerprint density at radius 3 is 2.47 bits per heavy atom. The van der Waals surface area contributed by atoms with Crippen LogP contribution in [0.1, 0.15) is 0 Å². The number of aromatic nitrogens is 2. The molecule has 2 aromatic rings. The molecule has 0 aliphatic rings. The van der Waals surface area contributed by atoms with Gasteiger partial charge in [-0.2, -0.15) is 0 Å². The second kappa shape index (κ2) is 4.05. The second-order valence-corrected chi connectivity index (χ2v) is 3.26. The molecule has 1 heterocycles. The Bertz CT molecular complexity index is 686. The summed E-state index contributed by atoms with van der Waals surface area (Å²) in [6.45, 7) is 0. The van der Waals surface area contributed by atoms with Crippen LogP contribution in [0.3, 0.4) is 0 Å². The van der Waals surface area contributed by atoms with Crippen LogP contribution in [0, 0.1) is 10.1 Å². The number of rotatable bonds is 2. The normalized spacial score (nSPS) is 10.1. The third kappa shape index (κ3) is 1.98. The van der Waals surface area contributed by atoms with Gasteiger partial charge in [-0.15, -0.1) is 0 Å². The van der Waals surface area contributed by atoms with Gasteiger partial charge in [-0.3, -0.25) is 19.9 Å². The lowest BCUT2D eigenvalue weighted by molar-refractivity contribution is -0.384. The zero-order chi connectivity index (χ0) is 12.4. The van der Waals surface area contributed by atoms with Crippen molar-refractivity contribution in [1.29, 1.82) is 0 Å². The van der Waals surface area contributed by atoms with Crippen molar-refractivity contribution < 1.29 is 4.92 Å². The highest BCUT2D eigenvalue weighted by Gasteiger charge is 2.16. The first-order valence-electron chi connectivity index (χ1n) is 4.65. The molecule has 0 fully saturated rings. The van der Waals surface area contributed by atoms with E-state index in [1.54, 1.807) is 6.07 Å². The fourth-order valence-electron chi connectivity index (χ4n) is 1.47. The van der Waals surface area contributed by atoms with E-state index in [4.69, 9.17) is 0 Å². The number of H-pyrrole nitrogens is 2. The summed E-state index contributed by atoms with van der Waals surface area (Å²) in [6.07, 6.45) is 1.16. The summed E-state index contributed by atoms with van der Waals surface area (Å²) < 4.78 is 0. The minimum absolute atomic E-state index is 0.0527. The Hall–Kier alpha value is -2.70. The molecule has 1 aromatic heterocycles. The lowest BCUT2D eigenvalue weighted by Crippen LogP contribution is -2.22. The number of benzene rings is 1. The van der Waals surface area contributed by atoms with E-state index >= 15 is 0 Å². The second-order valence-electron chi connectivity index (χ2n) is 3.26. The van der Waals surface area contributed by atoms with Crippen LogP contribution in [-0.2, 0) is 0 Å². The van der Waals surface area contributed by atoms with Crippen molar-refractivity contribution in [3.05, 3.63) is 61.4 Å². The molecule has 0 saturated carbocycles. The largest absolute Gasteiger partial charge is 0.325 e. The van der Waals surface area contributed by atoms with E-state index in [0.717, 1.165) is 6.20 Å². The van der Waals surface area contributed by atoms with Gasteiger partial charge in [-0.05, 0) is 6.07 Å². The summed E-state index contributed by atoms with van der Waals surface area (Å²) in [7, 11) is 0. The molecule has 86 valence electrons. The number of aromatic amines is 2. The van der Waals surface area contributed by atoms with E-state index < -0.39 is 16.2 Å². The standard InChI is InChI=1S/C10H7N3O4/c14-9-7(5-11-10(15)12-9)6-3-1-2-4-8(6)13(16)17/h1-5H,(H2,11,12,14,15). The molecule has 0 unspecified atom stereocenters. The quantitative estimate of drug-likeness (QED) is 0.585. The number of nitro groups is 1. The van der Waals surface area contributed by atoms with E-state index in [-0.39, 0.29) is 16.8 Å². The summed E-state index contributed by atoms with van der Waals surface area (Å²) in [4.78, 5) is 36.9. The molecule has 7 nitrogen and oxygen atoms in total. The van der Waals surface area contributed by atoms with Crippen LogP contribution in [0.25, 0.3) is 11.1 Å². The Kier molecular flexibility index (Phi) is 2.57. The van der Waals surface area contributed by atoms with Crippen LogP contribution >= 0.6 is 0 Å². The zero-order valence-corrected chi connectivity index (χ0v) is 8.47. The summed E-state index contributed by atoms with van der Waals surface area (Å²) in [5, 5.41) is 10.8. The topological polar surface area (TPSA) is 109 Å². The van der Waals surface area contributed by atoms with Gasteiger partial charge in [-0.25, -0.2) is 4.79 Å². The molecule has 0 saturated heterocycles. The fourth-order valence-corrected chi connectivity index (χ4v) is 1.47. The average molecular weight is 233 g/mol. The van der Waals surface area contributed by atoms with Crippen LogP contribution in [-0.4, -0.2) is 14.9 Å². The number of nitrogens with one attached hydrogen (secondary N) is 2. The molecule has 0 atom stereocenters. The molecule has 0 aliphatic carbocycles. The number of para-hydroxylation sites is 1. The summed E-state index contributed by atoms with van der Waals surface area (Å²) in [6, 6.07) is 5.81. The zero-order valence-electron chi connectivity index (χ0n) is 8.47. The van der Waals surface area contributed by atoms with Crippen molar-refractivity contribution >= 4 is 5.69 Å². The van der Waals surface area contributed by atoms with Crippen LogP contribution in [0.2, 0.25) is 0 Å². The van der Waals surface area contributed by atoms with Crippen molar-refractivity contribution in [1.82, 2.24) is 9.97 Å².